The van der Waals surface area contributed by atoms with Crippen LogP contribution in [0.15, 0.2) is 36.5 Å². The maximum absolute atomic E-state index is 12.7. The fourth-order valence-corrected chi connectivity index (χ4v) is 4.19. The van der Waals surface area contributed by atoms with Crippen molar-refractivity contribution in [1.29, 1.82) is 0 Å². The zero-order valence-corrected chi connectivity index (χ0v) is 16.2. The molecule has 0 saturated carbocycles. The first kappa shape index (κ1) is 18.1. The molecule has 4 heterocycles. The first-order valence-corrected chi connectivity index (χ1v) is 10.2. The Bertz CT molecular complexity index is 1010. The van der Waals surface area contributed by atoms with Gasteiger partial charge in [0.15, 0.2) is 5.69 Å². The van der Waals surface area contributed by atoms with Gasteiger partial charge in [-0.1, -0.05) is 18.2 Å². The maximum Gasteiger partial charge on any atom is 0.272 e. The molecule has 8 nitrogen and oxygen atoms in total. The molecule has 2 aliphatic rings. The van der Waals surface area contributed by atoms with Gasteiger partial charge in [-0.05, 0) is 31.4 Å². The zero-order valence-electron chi connectivity index (χ0n) is 16.2. The van der Waals surface area contributed by atoms with E-state index in [1.165, 1.54) is 0 Å². The van der Waals surface area contributed by atoms with Crippen molar-refractivity contribution in [2.45, 2.75) is 31.2 Å². The molecule has 1 atom stereocenters. The van der Waals surface area contributed by atoms with Gasteiger partial charge in [0.1, 0.15) is 0 Å². The lowest BCUT2D eigenvalue weighted by molar-refractivity contribution is 0.0845. The Hall–Kier alpha value is -3.00. The van der Waals surface area contributed by atoms with Crippen molar-refractivity contribution >= 4 is 22.8 Å². The molecule has 3 aromatic rings. The molecule has 1 amide bonds. The highest BCUT2D eigenvalue weighted by molar-refractivity contribution is 6.04. The van der Waals surface area contributed by atoms with Gasteiger partial charge in [0, 0.05) is 55.5 Å². The molecule has 1 aromatic carbocycles. The van der Waals surface area contributed by atoms with Crippen LogP contribution < -0.4 is 10.2 Å². The van der Waals surface area contributed by atoms with Crippen LogP contribution in [0.4, 0.5) is 5.95 Å². The van der Waals surface area contributed by atoms with Crippen molar-refractivity contribution < 1.29 is 9.53 Å². The Morgan fingerprint density at radius 3 is 2.93 bits per heavy atom. The van der Waals surface area contributed by atoms with E-state index >= 15 is 0 Å². The number of ether oxygens (including phenoxy) is 1. The van der Waals surface area contributed by atoms with Crippen LogP contribution in [0.1, 0.15) is 41.4 Å². The van der Waals surface area contributed by atoms with Crippen molar-refractivity contribution in [3.8, 4) is 0 Å². The minimum atomic E-state index is -0.147. The van der Waals surface area contributed by atoms with Gasteiger partial charge in [-0.15, -0.1) is 0 Å². The normalized spacial score (nSPS) is 20.3. The minimum absolute atomic E-state index is 0.0494. The number of fused-ring (bicyclic) bond motifs is 1. The number of aromatic amines is 1. The van der Waals surface area contributed by atoms with Gasteiger partial charge < -0.3 is 15.0 Å². The van der Waals surface area contributed by atoms with E-state index in [2.05, 4.69) is 25.4 Å². The summed E-state index contributed by atoms with van der Waals surface area (Å²) in [6, 6.07) is 9.72. The topological polar surface area (TPSA) is 96.0 Å². The van der Waals surface area contributed by atoms with Crippen molar-refractivity contribution in [3.63, 3.8) is 0 Å². The molecule has 0 aliphatic carbocycles. The molecule has 1 unspecified atom stereocenters. The standard InChI is InChI=1S/C21H24N6O2/c28-20(19-16-3-1-2-4-18(16)25-26-19)23-15-6-10-27(13-15)21-22-9-5-17(24-21)14-7-11-29-12-8-14/h1-5,9,14-15H,6-8,10-13H2,(H,23,28)(H,25,26). The fourth-order valence-electron chi connectivity index (χ4n) is 4.19. The molecule has 8 heteroatoms. The Morgan fingerprint density at radius 1 is 1.17 bits per heavy atom. The van der Waals surface area contributed by atoms with Crippen LogP contribution in [-0.4, -0.2) is 58.4 Å². The maximum atomic E-state index is 12.7. The number of carbonyl (C=O) groups excluding carboxylic acids is 1. The molecule has 0 radical (unpaired) electrons. The van der Waals surface area contributed by atoms with Crippen LogP contribution in [-0.2, 0) is 4.74 Å². The summed E-state index contributed by atoms with van der Waals surface area (Å²) in [5, 5.41) is 11.1. The molecule has 0 spiro atoms. The van der Waals surface area contributed by atoms with Gasteiger partial charge in [-0.2, -0.15) is 5.10 Å². The second-order valence-electron chi connectivity index (χ2n) is 7.69. The van der Waals surface area contributed by atoms with Crippen LogP contribution in [0.3, 0.4) is 0 Å². The molecule has 150 valence electrons. The Kier molecular flexibility index (Phi) is 4.85. The van der Waals surface area contributed by atoms with Gasteiger partial charge in [0.25, 0.3) is 5.91 Å². The van der Waals surface area contributed by atoms with Gasteiger partial charge >= 0.3 is 0 Å². The summed E-state index contributed by atoms with van der Waals surface area (Å²) in [4.78, 5) is 24.2. The third-order valence-corrected chi connectivity index (χ3v) is 5.80. The summed E-state index contributed by atoms with van der Waals surface area (Å²) in [5.74, 6) is 1.04. The van der Waals surface area contributed by atoms with E-state index in [0.29, 0.717) is 18.2 Å². The molecule has 29 heavy (non-hydrogen) atoms. The number of H-pyrrole nitrogens is 1. The van der Waals surface area contributed by atoms with E-state index in [-0.39, 0.29) is 11.9 Å². The first-order valence-electron chi connectivity index (χ1n) is 10.2. The second kappa shape index (κ2) is 7.79. The van der Waals surface area contributed by atoms with Crippen molar-refractivity contribution in [1.82, 2.24) is 25.5 Å². The van der Waals surface area contributed by atoms with E-state index in [1.807, 2.05) is 36.5 Å². The SMILES string of the molecule is O=C(NC1CCN(c2nccc(C3CCOCC3)n2)C1)c1n[nH]c2ccccc12. The second-order valence-corrected chi connectivity index (χ2v) is 7.69. The number of benzene rings is 1. The van der Waals surface area contributed by atoms with Gasteiger partial charge in [0.05, 0.1) is 5.52 Å². The van der Waals surface area contributed by atoms with Gasteiger partial charge in [-0.25, -0.2) is 9.97 Å². The Morgan fingerprint density at radius 2 is 2.03 bits per heavy atom. The van der Waals surface area contributed by atoms with Crippen LogP contribution in [0.5, 0.6) is 0 Å². The number of rotatable bonds is 4. The number of nitrogens with zero attached hydrogens (tertiary/aromatic N) is 4. The van der Waals surface area contributed by atoms with E-state index in [9.17, 15) is 4.79 Å². The Balaban J connectivity index is 1.25. The largest absolute Gasteiger partial charge is 0.381 e. The summed E-state index contributed by atoms with van der Waals surface area (Å²) in [6.07, 6.45) is 4.72. The van der Waals surface area contributed by atoms with Crippen LogP contribution in [0.2, 0.25) is 0 Å². The smallest absolute Gasteiger partial charge is 0.272 e. The summed E-state index contributed by atoms with van der Waals surface area (Å²) in [6.45, 7) is 3.11. The van der Waals surface area contributed by atoms with Crippen LogP contribution in [0.25, 0.3) is 10.9 Å². The lowest BCUT2D eigenvalue weighted by atomic mass is 9.96. The number of hydrogen-bond acceptors (Lipinski definition) is 6. The number of hydrogen-bond donors (Lipinski definition) is 2. The molecule has 2 aliphatic heterocycles. The number of nitrogens with one attached hydrogen (secondary N) is 2. The highest BCUT2D eigenvalue weighted by Gasteiger charge is 2.28. The average molecular weight is 392 g/mol. The van der Waals surface area contributed by atoms with Crippen LogP contribution in [0, 0.1) is 0 Å². The van der Waals surface area contributed by atoms with Crippen molar-refractivity contribution in [2.24, 2.45) is 0 Å². The zero-order chi connectivity index (χ0) is 19.6. The minimum Gasteiger partial charge on any atom is -0.381 e. The lowest BCUT2D eigenvalue weighted by Gasteiger charge is -2.23. The van der Waals surface area contributed by atoms with Gasteiger partial charge in [0.2, 0.25) is 5.95 Å². The number of carbonyl (C=O) groups is 1. The average Bonchev–Trinajstić information content (AvgIpc) is 3.42. The molecule has 2 saturated heterocycles. The highest BCUT2D eigenvalue weighted by atomic mass is 16.5. The lowest BCUT2D eigenvalue weighted by Crippen LogP contribution is -2.37. The third-order valence-electron chi connectivity index (χ3n) is 5.80. The van der Waals surface area contributed by atoms with E-state index in [4.69, 9.17) is 9.72 Å². The summed E-state index contributed by atoms with van der Waals surface area (Å²) in [5.41, 5.74) is 2.40. The summed E-state index contributed by atoms with van der Waals surface area (Å²) >= 11 is 0. The number of aromatic nitrogens is 4. The molecular formula is C21H24N6O2. The quantitative estimate of drug-likeness (QED) is 0.707. The van der Waals surface area contributed by atoms with Gasteiger partial charge in [-0.3, -0.25) is 9.89 Å². The van der Waals surface area contributed by atoms with E-state index in [1.54, 1.807) is 0 Å². The molecule has 2 aromatic heterocycles. The summed E-state index contributed by atoms with van der Waals surface area (Å²) in [7, 11) is 0. The fraction of sp³-hybridized carbons (Fsp3) is 0.429. The van der Waals surface area contributed by atoms with Crippen molar-refractivity contribution in [3.05, 3.63) is 47.9 Å². The molecule has 0 bridgehead atoms. The predicted molar refractivity (Wildman–Crippen MR) is 109 cm³/mol. The monoisotopic (exact) mass is 392 g/mol. The summed E-state index contributed by atoms with van der Waals surface area (Å²) < 4.78 is 5.46. The number of amides is 1. The number of anilines is 1. The first-order chi connectivity index (χ1) is 14.3. The highest BCUT2D eigenvalue weighted by Crippen LogP contribution is 2.27. The van der Waals surface area contributed by atoms with E-state index < -0.39 is 0 Å². The molecular weight excluding hydrogens is 368 g/mol. The number of para-hydroxylation sites is 1. The molecule has 2 N–H and O–H groups in total. The van der Waals surface area contributed by atoms with Crippen LogP contribution >= 0.6 is 0 Å². The Labute approximate surface area is 168 Å². The van der Waals surface area contributed by atoms with Crippen molar-refractivity contribution in [2.75, 3.05) is 31.2 Å². The molecule has 5 rings (SSSR count). The molecule has 2 fully saturated rings. The third kappa shape index (κ3) is 3.67. The predicted octanol–water partition coefficient (Wildman–Crippen LogP) is 2.26. The van der Waals surface area contributed by atoms with E-state index in [0.717, 1.165) is 61.6 Å².